The molecule has 0 N–H and O–H groups in total. The first-order valence-corrected chi connectivity index (χ1v) is 9.97. The van der Waals surface area contributed by atoms with Crippen molar-refractivity contribution in [1.29, 1.82) is 0 Å². The lowest BCUT2D eigenvalue weighted by molar-refractivity contribution is -0.156. The summed E-state index contributed by atoms with van der Waals surface area (Å²) in [5, 5.41) is 0. The number of carbonyl (C=O) groups excluding carboxylic acids is 1. The second kappa shape index (κ2) is 10.5. The molecule has 1 atom stereocenters. The van der Waals surface area contributed by atoms with Gasteiger partial charge >= 0.3 is 5.97 Å². The number of carbonyl (C=O) groups is 1. The molecule has 7 heteroatoms. The van der Waals surface area contributed by atoms with Gasteiger partial charge in [0.2, 0.25) is 5.89 Å². The zero-order chi connectivity index (χ0) is 21.3. The highest BCUT2D eigenvalue weighted by atomic mass is 16.6. The highest BCUT2D eigenvalue weighted by molar-refractivity contribution is 5.75. The third kappa shape index (κ3) is 5.67. The molecule has 2 aromatic heterocycles. The smallest absolute Gasteiger partial charge is 0.335 e. The Labute approximate surface area is 176 Å². The number of hydrogen-bond donors (Lipinski definition) is 0. The van der Waals surface area contributed by atoms with Crippen LogP contribution in [0.25, 0.3) is 11.5 Å². The molecule has 0 aliphatic carbocycles. The van der Waals surface area contributed by atoms with Gasteiger partial charge in [-0.3, -0.25) is 4.98 Å². The van der Waals surface area contributed by atoms with Gasteiger partial charge in [0.15, 0.2) is 6.10 Å². The molecule has 0 fully saturated rings. The fourth-order valence-corrected chi connectivity index (χ4v) is 2.91. The zero-order valence-electron chi connectivity index (χ0n) is 17.5. The van der Waals surface area contributed by atoms with Crippen molar-refractivity contribution in [3.05, 3.63) is 65.8 Å². The summed E-state index contributed by atoms with van der Waals surface area (Å²) in [6, 6.07) is 11.3. The van der Waals surface area contributed by atoms with Crippen LogP contribution in [0.2, 0.25) is 0 Å². The number of rotatable bonds is 10. The van der Waals surface area contributed by atoms with E-state index in [-0.39, 0.29) is 5.97 Å². The first kappa shape index (κ1) is 21.5. The van der Waals surface area contributed by atoms with Crippen LogP contribution in [0.4, 0.5) is 0 Å². The summed E-state index contributed by atoms with van der Waals surface area (Å²) in [7, 11) is 0. The fraction of sp³-hybridized carbons (Fsp3) is 0.348. The lowest BCUT2D eigenvalue weighted by atomic mass is 10.1. The molecule has 30 heavy (non-hydrogen) atoms. The van der Waals surface area contributed by atoms with Gasteiger partial charge in [-0.2, -0.15) is 0 Å². The minimum absolute atomic E-state index is 0.296. The maximum Gasteiger partial charge on any atom is 0.335 e. The quantitative estimate of drug-likeness (QED) is 0.465. The second-order valence-corrected chi connectivity index (χ2v) is 6.59. The summed E-state index contributed by atoms with van der Waals surface area (Å²) >= 11 is 0. The summed E-state index contributed by atoms with van der Waals surface area (Å²) in [6.07, 6.45) is 3.24. The van der Waals surface area contributed by atoms with Crippen molar-refractivity contribution >= 4 is 5.97 Å². The van der Waals surface area contributed by atoms with E-state index < -0.39 is 6.10 Å². The Balaban J connectivity index is 1.60. The lowest BCUT2D eigenvalue weighted by Gasteiger charge is -2.15. The van der Waals surface area contributed by atoms with Gasteiger partial charge in [-0.15, -0.1) is 0 Å². The zero-order valence-corrected chi connectivity index (χ0v) is 17.5. The molecule has 0 spiro atoms. The predicted octanol–water partition coefficient (Wildman–Crippen LogP) is 4.13. The highest BCUT2D eigenvalue weighted by Crippen LogP contribution is 2.22. The summed E-state index contributed by atoms with van der Waals surface area (Å²) in [6.45, 7) is 6.58. The summed E-state index contributed by atoms with van der Waals surface area (Å²) in [5.41, 5.74) is 2.57. The van der Waals surface area contributed by atoms with Crippen molar-refractivity contribution < 1.29 is 23.4 Å². The topological polar surface area (TPSA) is 83.7 Å². The van der Waals surface area contributed by atoms with Gasteiger partial charge in [-0.25, -0.2) is 9.78 Å². The maximum absolute atomic E-state index is 12.0. The van der Waals surface area contributed by atoms with Crippen LogP contribution in [-0.2, 0) is 27.3 Å². The Hall–Kier alpha value is -3.19. The van der Waals surface area contributed by atoms with Gasteiger partial charge in [-0.1, -0.05) is 12.1 Å². The van der Waals surface area contributed by atoms with Gasteiger partial charge in [0.05, 0.1) is 6.61 Å². The van der Waals surface area contributed by atoms with E-state index in [1.54, 1.807) is 19.3 Å². The van der Waals surface area contributed by atoms with E-state index in [0.29, 0.717) is 43.6 Å². The van der Waals surface area contributed by atoms with Crippen molar-refractivity contribution in [1.82, 2.24) is 9.97 Å². The van der Waals surface area contributed by atoms with E-state index in [9.17, 15) is 4.79 Å². The Bertz CT molecular complexity index is 938. The van der Waals surface area contributed by atoms with Crippen molar-refractivity contribution in [2.45, 2.75) is 39.9 Å². The van der Waals surface area contributed by atoms with Crippen LogP contribution in [-0.4, -0.2) is 35.3 Å². The van der Waals surface area contributed by atoms with Crippen molar-refractivity contribution in [3.8, 4) is 17.2 Å². The number of aromatic nitrogens is 2. The third-order valence-electron chi connectivity index (χ3n) is 4.46. The third-order valence-corrected chi connectivity index (χ3v) is 4.46. The standard InChI is InChI=1S/C23H26N2O5/c1-4-27-21(23(26)28-5-2)14-17-6-8-19(9-7-17)29-15-20-16(3)30-22(25-20)18-10-12-24-13-11-18/h6-13,21H,4-5,14-15H2,1-3H3/t21-/m0/s1. The van der Waals surface area contributed by atoms with Gasteiger partial charge < -0.3 is 18.6 Å². The minimum atomic E-state index is -0.605. The second-order valence-electron chi connectivity index (χ2n) is 6.59. The molecule has 0 saturated heterocycles. The van der Waals surface area contributed by atoms with Crippen molar-refractivity contribution in [3.63, 3.8) is 0 Å². The minimum Gasteiger partial charge on any atom is -0.487 e. The maximum atomic E-state index is 12.0. The fourth-order valence-electron chi connectivity index (χ4n) is 2.91. The Morgan fingerprint density at radius 3 is 2.47 bits per heavy atom. The Morgan fingerprint density at radius 2 is 1.80 bits per heavy atom. The van der Waals surface area contributed by atoms with Crippen LogP contribution in [0, 0.1) is 6.92 Å². The average Bonchev–Trinajstić information content (AvgIpc) is 3.14. The number of pyridine rings is 1. The van der Waals surface area contributed by atoms with Gasteiger partial charge in [-0.05, 0) is 50.6 Å². The van der Waals surface area contributed by atoms with Gasteiger partial charge in [0.1, 0.15) is 23.8 Å². The van der Waals surface area contributed by atoms with Crippen LogP contribution < -0.4 is 4.74 Å². The number of nitrogens with zero attached hydrogens (tertiary/aromatic N) is 2. The van der Waals surface area contributed by atoms with E-state index in [1.165, 1.54) is 0 Å². The molecule has 0 aliphatic rings. The average molecular weight is 410 g/mol. The van der Waals surface area contributed by atoms with Crippen molar-refractivity contribution in [2.75, 3.05) is 13.2 Å². The van der Waals surface area contributed by atoms with E-state index in [4.69, 9.17) is 18.6 Å². The van der Waals surface area contributed by atoms with Gasteiger partial charge in [0, 0.05) is 31.0 Å². The Morgan fingerprint density at radius 1 is 1.07 bits per heavy atom. The van der Waals surface area contributed by atoms with Crippen molar-refractivity contribution in [2.24, 2.45) is 0 Å². The number of ether oxygens (including phenoxy) is 3. The SMILES string of the molecule is CCOC(=O)[C@H](Cc1ccc(OCc2nc(-c3ccncc3)oc2C)cc1)OCC. The molecular weight excluding hydrogens is 384 g/mol. The molecule has 3 aromatic rings. The monoisotopic (exact) mass is 410 g/mol. The van der Waals surface area contributed by atoms with Gasteiger partial charge in [0.25, 0.3) is 0 Å². The molecule has 0 saturated carbocycles. The number of benzene rings is 1. The number of esters is 1. The largest absolute Gasteiger partial charge is 0.487 e. The highest BCUT2D eigenvalue weighted by Gasteiger charge is 2.20. The predicted molar refractivity (Wildman–Crippen MR) is 111 cm³/mol. The molecular formula is C23H26N2O5. The van der Waals surface area contributed by atoms with Crippen LogP contribution in [0.1, 0.15) is 30.9 Å². The number of aryl methyl sites for hydroxylation is 1. The summed E-state index contributed by atoms with van der Waals surface area (Å²) < 4.78 is 22.2. The van der Waals surface area contributed by atoms with E-state index in [1.807, 2.05) is 50.2 Å². The van der Waals surface area contributed by atoms with E-state index >= 15 is 0 Å². The van der Waals surface area contributed by atoms with Crippen LogP contribution in [0.3, 0.4) is 0 Å². The molecule has 0 aliphatic heterocycles. The molecule has 0 radical (unpaired) electrons. The lowest BCUT2D eigenvalue weighted by Crippen LogP contribution is -2.28. The van der Waals surface area contributed by atoms with E-state index in [0.717, 1.165) is 16.8 Å². The van der Waals surface area contributed by atoms with Crippen LogP contribution in [0.5, 0.6) is 5.75 Å². The summed E-state index contributed by atoms with van der Waals surface area (Å²) in [4.78, 5) is 20.5. The Kier molecular flexibility index (Phi) is 7.57. The number of oxazole rings is 1. The normalized spacial score (nSPS) is 11.8. The molecule has 7 nitrogen and oxygen atoms in total. The molecule has 3 rings (SSSR count). The first-order chi connectivity index (χ1) is 14.6. The molecule has 0 bridgehead atoms. The molecule has 158 valence electrons. The number of hydrogen-bond acceptors (Lipinski definition) is 7. The molecule has 2 heterocycles. The summed E-state index contributed by atoms with van der Waals surface area (Å²) in [5.74, 6) is 1.62. The van der Waals surface area contributed by atoms with Crippen LogP contribution in [0.15, 0.2) is 53.2 Å². The molecule has 0 unspecified atom stereocenters. The van der Waals surface area contributed by atoms with Crippen LogP contribution >= 0.6 is 0 Å². The van der Waals surface area contributed by atoms with E-state index in [2.05, 4.69) is 9.97 Å². The molecule has 0 amide bonds. The molecule has 1 aromatic carbocycles. The first-order valence-electron chi connectivity index (χ1n) is 9.97.